The van der Waals surface area contributed by atoms with E-state index in [1.54, 1.807) is 24.3 Å². The predicted molar refractivity (Wildman–Crippen MR) is 74.0 cm³/mol. The first-order valence-corrected chi connectivity index (χ1v) is 6.20. The molecule has 0 saturated heterocycles. The summed E-state index contributed by atoms with van der Waals surface area (Å²) in [6.07, 6.45) is 0. The van der Waals surface area contributed by atoms with Gasteiger partial charge in [-0.1, -0.05) is 0 Å². The Morgan fingerprint density at radius 3 is 2.10 bits per heavy atom. The first kappa shape index (κ1) is 14.7. The molecule has 21 heavy (non-hydrogen) atoms. The molecule has 0 unspecified atom stereocenters. The molecule has 2 aromatic rings. The molecule has 0 bridgehead atoms. The third kappa shape index (κ3) is 3.89. The van der Waals surface area contributed by atoms with Crippen LogP contribution in [0.2, 0.25) is 0 Å². The Bertz CT molecular complexity index is 632. The Kier molecular flexibility index (Phi) is 4.66. The van der Waals surface area contributed by atoms with Crippen LogP contribution in [-0.2, 0) is 4.74 Å². The highest BCUT2D eigenvalue weighted by atomic mass is 19.1. The lowest BCUT2D eigenvalue weighted by atomic mass is 10.1. The van der Waals surface area contributed by atoms with Gasteiger partial charge in [0.15, 0.2) is 12.4 Å². The van der Waals surface area contributed by atoms with Gasteiger partial charge in [-0.2, -0.15) is 0 Å². The van der Waals surface area contributed by atoms with Crippen LogP contribution in [0.15, 0.2) is 48.5 Å². The minimum atomic E-state index is -0.670. The van der Waals surface area contributed by atoms with Crippen LogP contribution in [0.25, 0.3) is 0 Å². The molecule has 0 saturated carbocycles. The maximum atomic E-state index is 12.7. The summed E-state index contributed by atoms with van der Waals surface area (Å²) in [5, 5.41) is 0. The van der Waals surface area contributed by atoms with Gasteiger partial charge in [0.2, 0.25) is 0 Å². The molecule has 0 aromatic heterocycles. The number of hydrogen-bond acceptors (Lipinski definition) is 4. The van der Waals surface area contributed by atoms with Crippen molar-refractivity contribution in [1.29, 1.82) is 0 Å². The van der Waals surface area contributed by atoms with Crippen molar-refractivity contribution < 1.29 is 23.5 Å². The Morgan fingerprint density at radius 1 is 0.952 bits per heavy atom. The fourth-order valence-electron chi connectivity index (χ4n) is 1.66. The lowest BCUT2D eigenvalue weighted by Gasteiger charge is -2.05. The lowest BCUT2D eigenvalue weighted by Crippen LogP contribution is -2.14. The van der Waals surface area contributed by atoms with Crippen molar-refractivity contribution in [3.05, 3.63) is 65.5 Å². The number of halogens is 1. The summed E-state index contributed by atoms with van der Waals surface area (Å²) >= 11 is 0. The number of carbonyl (C=O) groups excluding carboxylic acids is 2. The van der Waals surface area contributed by atoms with E-state index >= 15 is 0 Å². The Labute approximate surface area is 121 Å². The first-order valence-electron chi connectivity index (χ1n) is 6.20. The molecule has 2 rings (SSSR count). The maximum Gasteiger partial charge on any atom is 0.338 e. The molecule has 0 spiro atoms. The molecule has 0 amide bonds. The number of methoxy groups -OCH3 is 1. The van der Waals surface area contributed by atoms with Crippen molar-refractivity contribution >= 4 is 11.8 Å². The quantitative estimate of drug-likeness (QED) is 0.627. The van der Waals surface area contributed by atoms with E-state index in [1.165, 1.54) is 19.2 Å². The molecule has 0 aliphatic heterocycles. The van der Waals surface area contributed by atoms with Crippen molar-refractivity contribution in [2.24, 2.45) is 0 Å². The zero-order valence-electron chi connectivity index (χ0n) is 11.3. The highest BCUT2D eigenvalue weighted by Gasteiger charge is 2.12. The van der Waals surface area contributed by atoms with Gasteiger partial charge >= 0.3 is 5.97 Å². The van der Waals surface area contributed by atoms with Crippen LogP contribution in [0, 0.1) is 5.82 Å². The SMILES string of the molecule is COc1ccc(C(=O)COC(=O)c2ccc(F)cc2)cc1. The van der Waals surface area contributed by atoms with Crippen molar-refractivity contribution in [3.8, 4) is 5.75 Å². The number of ether oxygens (including phenoxy) is 2. The summed E-state index contributed by atoms with van der Waals surface area (Å²) in [6, 6.07) is 11.4. The molecule has 108 valence electrons. The molecule has 5 heteroatoms. The second kappa shape index (κ2) is 6.65. The highest BCUT2D eigenvalue weighted by molar-refractivity contribution is 5.99. The second-order valence-corrected chi connectivity index (χ2v) is 4.23. The third-order valence-corrected chi connectivity index (χ3v) is 2.83. The van der Waals surface area contributed by atoms with E-state index in [9.17, 15) is 14.0 Å². The Morgan fingerprint density at radius 2 is 1.52 bits per heavy atom. The fourth-order valence-corrected chi connectivity index (χ4v) is 1.66. The highest BCUT2D eigenvalue weighted by Crippen LogP contribution is 2.12. The number of esters is 1. The minimum absolute atomic E-state index is 0.193. The Balaban J connectivity index is 1.93. The largest absolute Gasteiger partial charge is 0.497 e. The normalized spacial score (nSPS) is 10.0. The van der Waals surface area contributed by atoms with E-state index in [0.717, 1.165) is 12.1 Å². The first-order chi connectivity index (χ1) is 10.1. The van der Waals surface area contributed by atoms with Gasteiger partial charge in [0.1, 0.15) is 11.6 Å². The number of rotatable bonds is 5. The Hall–Kier alpha value is -2.69. The topological polar surface area (TPSA) is 52.6 Å². The summed E-state index contributed by atoms with van der Waals surface area (Å²) in [4.78, 5) is 23.5. The van der Waals surface area contributed by atoms with Crippen molar-refractivity contribution in [2.75, 3.05) is 13.7 Å². The number of benzene rings is 2. The molecule has 0 radical (unpaired) electrons. The maximum absolute atomic E-state index is 12.7. The lowest BCUT2D eigenvalue weighted by molar-refractivity contribution is 0.0474. The second-order valence-electron chi connectivity index (χ2n) is 4.23. The van der Waals surface area contributed by atoms with Crippen LogP contribution >= 0.6 is 0 Å². The molecular formula is C16H13FO4. The van der Waals surface area contributed by atoms with Crippen LogP contribution in [0.1, 0.15) is 20.7 Å². The summed E-state index contributed by atoms with van der Waals surface area (Å²) in [5.41, 5.74) is 0.613. The van der Waals surface area contributed by atoms with Gasteiger partial charge in [-0.3, -0.25) is 4.79 Å². The zero-order valence-corrected chi connectivity index (χ0v) is 11.3. The van der Waals surface area contributed by atoms with Gasteiger partial charge in [-0.05, 0) is 48.5 Å². The van der Waals surface area contributed by atoms with Crippen LogP contribution in [0.4, 0.5) is 4.39 Å². The molecule has 0 heterocycles. The van der Waals surface area contributed by atoms with Crippen LogP contribution < -0.4 is 4.74 Å². The van der Waals surface area contributed by atoms with E-state index < -0.39 is 11.8 Å². The average Bonchev–Trinajstić information content (AvgIpc) is 2.53. The van der Waals surface area contributed by atoms with Gasteiger partial charge < -0.3 is 9.47 Å². The molecule has 0 atom stereocenters. The van der Waals surface area contributed by atoms with Gasteiger partial charge in [-0.15, -0.1) is 0 Å². The predicted octanol–water partition coefficient (Wildman–Crippen LogP) is 2.87. The smallest absolute Gasteiger partial charge is 0.338 e. The number of ketones is 1. The summed E-state index contributed by atoms with van der Waals surface area (Å²) < 4.78 is 22.6. The fraction of sp³-hybridized carbons (Fsp3) is 0.125. The molecule has 0 aliphatic rings. The van der Waals surface area contributed by atoms with Crippen molar-refractivity contribution in [2.45, 2.75) is 0 Å². The summed E-state index contributed by atoms with van der Waals surface area (Å²) in [6.45, 7) is -0.372. The van der Waals surface area contributed by atoms with Crippen molar-refractivity contribution in [3.63, 3.8) is 0 Å². The number of Topliss-reactive ketones (excluding diaryl/α,β-unsaturated/α-hetero) is 1. The molecular weight excluding hydrogens is 275 g/mol. The van der Waals surface area contributed by atoms with E-state index in [4.69, 9.17) is 9.47 Å². The summed E-state index contributed by atoms with van der Waals surface area (Å²) in [7, 11) is 1.53. The number of hydrogen-bond donors (Lipinski definition) is 0. The van der Waals surface area contributed by atoms with E-state index in [1.807, 2.05) is 0 Å². The zero-order chi connectivity index (χ0) is 15.2. The molecule has 0 fully saturated rings. The van der Waals surface area contributed by atoms with Crippen molar-refractivity contribution in [1.82, 2.24) is 0 Å². The van der Waals surface area contributed by atoms with E-state index in [-0.39, 0.29) is 18.0 Å². The third-order valence-electron chi connectivity index (χ3n) is 2.83. The number of carbonyl (C=O) groups is 2. The van der Waals surface area contributed by atoms with Gasteiger partial charge in [0.25, 0.3) is 0 Å². The van der Waals surface area contributed by atoms with E-state index in [0.29, 0.717) is 11.3 Å². The molecule has 0 aliphatic carbocycles. The van der Waals surface area contributed by atoms with Gasteiger partial charge in [0.05, 0.1) is 12.7 Å². The minimum Gasteiger partial charge on any atom is -0.497 e. The monoisotopic (exact) mass is 288 g/mol. The molecule has 0 N–H and O–H groups in total. The van der Waals surface area contributed by atoms with Gasteiger partial charge in [0, 0.05) is 5.56 Å². The van der Waals surface area contributed by atoms with Crippen LogP contribution in [0.5, 0.6) is 5.75 Å². The van der Waals surface area contributed by atoms with E-state index in [2.05, 4.69) is 0 Å². The van der Waals surface area contributed by atoms with Crippen LogP contribution in [-0.4, -0.2) is 25.5 Å². The van der Waals surface area contributed by atoms with Crippen LogP contribution in [0.3, 0.4) is 0 Å². The summed E-state index contributed by atoms with van der Waals surface area (Å²) in [5.74, 6) is -0.805. The molecule has 4 nitrogen and oxygen atoms in total. The molecule has 2 aromatic carbocycles. The average molecular weight is 288 g/mol. The van der Waals surface area contributed by atoms with Gasteiger partial charge in [-0.25, -0.2) is 9.18 Å². The standard InChI is InChI=1S/C16H13FO4/c1-20-14-8-4-11(5-9-14)15(18)10-21-16(19)12-2-6-13(17)7-3-12/h2-9H,10H2,1H3.